The van der Waals surface area contributed by atoms with Crippen molar-refractivity contribution in [1.82, 2.24) is 14.5 Å². The van der Waals surface area contributed by atoms with E-state index in [1.165, 1.54) is 10.8 Å². The number of pyridine rings is 1. The number of carboxylic acids is 1. The summed E-state index contributed by atoms with van der Waals surface area (Å²) in [4.78, 5) is 18.7. The molecule has 0 radical (unpaired) electrons. The monoisotopic (exact) mass is 233 g/mol. The van der Waals surface area contributed by atoms with Crippen molar-refractivity contribution in [3.05, 3.63) is 42.2 Å². The minimum Gasteiger partial charge on any atom is -0.484 e. The minimum absolute atomic E-state index is 0.134. The Balaban J connectivity index is 2.07. The Hall–Kier alpha value is -2.37. The van der Waals surface area contributed by atoms with Crippen LogP contribution in [0.4, 0.5) is 0 Å². The molecular formula is C11H11N3O3. The second-order valence-corrected chi connectivity index (χ2v) is 3.40. The summed E-state index contributed by atoms with van der Waals surface area (Å²) in [7, 11) is 1.64. The van der Waals surface area contributed by atoms with Crippen molar-refractivity contribution in [2.75, 3.05) is 0 Å². The van der Waals surface area contributed by atoms with Crippen molar-refractivity contribution < 1.29 is 14.6 Å². The van der Waals surface area contributed by atoms with Crippen molar-refractivity contribution in [2.45, 2.75) is 6.61 Å². The van der Waals surface area contributed by atoms with E-state index in [1.54, 1.807) is 31.6 Å². The van der Waals surface area contributed by atoms with Gasteiger partial charge in [0, 0.05) is 13.2 Å². The Bertz CT molecular complexity index is 522. The highest BCUT2D eigenvalue weighted by molar-refractivity contribution is 5.85. The molecule has 0 bridgehead atoms. The summed E-state index contributed by atoms with van der Waals surface area (Å²) in [6, 6.07) is 3.53. The molecule has 0 amide bonds. The van der Waals surface area contributed by atoms with Gasteiger partial charge in [0.05, 0.1) is 12.4 Å². The summed E-state index contributed by atoms with van der Waals surface area (Å²) < 4.78 is 6.91. The number of ether oxygens (including phenoxy) is 1. The van der Waals surface area contributed by atoms with Crippen LogP contribution in [-0.4, -0.2) is 25.6 Å². The van der Waals surface area contributed by atoms with Gasteiger partial charge in [-0.05, 0) is 12.1 Å². The molecule has 0 atom stereocenters. The highest BCUT2D eigenvalue weighted by Gasteiger charge is 2.12. The number of hydrogen-bond donors (Lipinski definition) is 1. The average Bonchev–Trinajstić information content (AvgIpc) is 2.69. The molecule has 2 aromatic rings. The molecule has 6 nitrogen and oxygen atoms in total. The molecule has 0 aliphatic carbocycles. The summed E-state index contributed by atoms with van der Waals surface area (Å²) in [6.07, 6.45) is 4.54. The second kappa shape index (κ2) is 4.65. The molecule has 0 aliphatic heterocycles. The Morgan fingerprint density at radius 2 is 2.35 bits per heavy atom. The first-order valence-electron chi connectivity index (χ1n) is 4.95. The lowest BCUT2D eigenvalue weighted by Crippen LogP contribution is -2.09. The minimum atomic E-state index is -1.01. The number of carbonyl (C=O) groups is 1. The van der Waals surface area contributed by atoms with Crippen molar-refractivity contribution >= 4 is 5.97 Å². The number of imidazole rings is 1. The van der Waals surface area contributed by atoms with Crippen LogP contribution in [0.2, 0.25) is 0 Å². The number of hydrogen-bond acceptors (Lipinski definition) is 4. The Morgan fingerprint density at radius 1 is 1.53 bits per heavy atom. The molecule has 0 aromatic carbocycles. The molecule has 6 heteroatoms. The van der Waals surface area contributed by atoms with Gasteiger partial charge < -0.3 is 14.4 Å². The van der Waals surface area contributed by atoms with E-state index in [9.17, 15) is 4.79 Å². The lowest BCUT2D eigenvalue weighted by Gasteiger charge is -2.05. The van der Waals surface area contributed by atoms with Gasteiger partial charge in [-0.2, -0.15) is 0 Å². The molecule has 2 rings (SSSR count). The van der Waals surface area contributed by atoms with Gasteiger partial charge in [0.1, 0.15) is 23.9 Å². The number of nitrogens with zero attached hydrogens (tertiary/aromatic N) is 3. The third-order valence-corrected chi connectivity index (χ3v) is 2.31. The Labute approximate surface area is 97.5 Å². The quantitative estimate of drug-likeness (QED) is 0.855. The van der Waals surface area contributed by atoms with E-state index in [-0.39, 0.29) is 12.3 Å². The van der Waals surface area contributed by atoms with Crippen LogP contribution in [0, 0.1) is 0 Å². The second-order valence-electron chi connectivity index (χ2n) is 3.40. The van der Waals surface area contributed by atoms with Gasteiger partial charge in [0.15, 0.2) is 0 Å². The van der Waals surface area contributed by atoms with Gasteiger partial charge in [0.2, 0.25) is 0 Å². The topological polar surface area (TPSA) is 77.2 Å². The molecule has 0 fully saturated rings. The fourth-order valence-corrected chi connectivity index (χ4v) is 1.36. The SMILES string of the molecule is Cn1c(C(=O)O)cnc1COc1cccnc1. The maximum atomic E-state index is 10.8. The molecule has 0 unspecified atom stereocenters. The maximum absolute atomic E-state index is 10.8. The first-order valence-corrected chi connectivity index (χ1v) is 4.95. The number of aromatic nitrogens is 3. The lowest BCUT2D eigenvalue weighted by atomic mass is 10.4. The summed E-state index contributed by atoms with van der Waals surface area (Å²) in [5, 5.41) is 8.85. The predicted molar refractivity (Wildman–Crippen MR) is 58.7 cm³/mol. The van der Waals surface area contributed by atoms with E-state index in [4.69, 9.17) is 9.84 Å². The number of rotatable bonds is 4. The molecule has 0 aliphatic rings. The third kappa shape index (κ3) is 2.41. The lowest BCUT2D eigenvalue weighted by molar-refractivity contribution is 0.0686. The van der Waals surface area contributed by atoms with Gasteiger partial charge in [0.25, 0.3) is 0 Å². The molecule has 88 valence electrons. The molecule has 1 N–H and O–H groups in total. The van der Waals surface area contributed by atoms with E-state index in [1.807, 2.05) is 0 Å². The van der Waals surface area contributed by atoms with Gasteiger partial charge >= 0.3 is 5.97 Å². The van der Waals surface area contributed by atoms with Crippen molar-refractivity contribution in [1.29, 1.82) is 0 Å². The van der Waals surface area contributed by atoms with Crippen LogP contribution < -0.4 is 4.74 Å². The molecule has 17 heavy (non-hydrogen) atoms. The predicted octanol–water partition coefficient (Wildman–Crippen LogP) is 1.09. The maximum Gasteiger partial charge on any atom is 0.354 e. The van der Waals surface area contributed by atoms with E-state index in [2.05, 4.69) is 9.97 Å². The first kappa shape index (κ1) is 11.1. The van der Waals surface area contributed by atoms with Gasteiger partial charge in [-0.25, -0.2) is 9.78 Å². The normalized spacial score (nSPS) is 10.2. The van der Waals surface area contributed by atoms with E-state index in [0.717, 1.165) is 0 Å². The van der Waals surface area contributed by atoms with Crippen molar-refractivity contribution in [2.24, 2.45) is 7.05 Å². The first-order chi connectivity index (χ1) is 8.18. The van der Waals surface area contributed by atoms with Crippen LogP contribution >= 0.6 is 0 Å². The fraction of sp³-hybridized carbons (Fsp3) is 0.182. The van der Waals surface area contributed by atoms with Crippen LogP contribution in [0.3, 0.4) is 0 Å². The van der Waals surface area contributed by atoms with Crippen molar-refractivity contribution in [3.63, 3.8) is 0 Å². The zero-order valence-corrected chi connectivity index (χ0v) is 9.20. The zero-order chi connectivity index (χ0) is 12.3. The highest BCUT2D eigenvalue weighted by atomic mass is 16.5. The largest absolute Gasteiger partial charge is 0.484 e. The molecule has 2 aromatic heterocycles. The summed E-state index contributed by atoms with van der Waals surface area (Å²) in [6.45, 7) is 0.204. The van der Waals surface area contributed by atoms with Gasteiger partial charge in [-0.15, -0.1) is 0 Å². The summed E-state index contributed by atoms with van der Waals surface area (Å²) in [5.41, 5.74) is 0.134. The average molecular weight is 233 g/mol. The standard InChI is InChI=1S/C11H11N3O3/c1-14-9(11(15)16)6-13-10(14)7-17-8-3-2-4-12-5-8/h2-6H,7H2,1H3,(H,15,16). The molecule has 0 spiro atoms. The summed E-state index contributed by atoms with van der Waals surface area (Å²) in [5.74, 6) is 0.159. The van der Waals surface area contributed by atoms with Crippen LogP contribution in [0.15, 0.2) is 30.7 Å². The van der Waals surface area contributed by atoms with Crippen LogP contribution in [0.5, 0.6) is 5.75 Å². The summed E-state index contributed by atoms with van der Waals surface area (Å²) >= 11 is 0. The fourth-order valence-electron chi connectivity index (χ4n) is 1.36. The van der Waals surface area contributed by atoms with E-state index in [0.29, 0.717) is 11.6 Å². The number of carboxylic acid groups (broad SMARTS) is 1. The Morgan fingerprint density at radius 3 is 2.94 bits per heavy atom. The van der Waals surface area contributed by atoms with E-state index >= 15 is 0 Å². The van der Waals surface area contributed by atoms with Crippen LogP contribution in [-0.2, 0) is 13.7 Å². The van der Waals surface area contributed by atoms with Crippen LogP contribution in [0.25, 0.3) is 0 Å². The van der Waals surface area contributed by atoms with Gasteiger partial charge in [-0.3, -0.25) is 4.98 Å². The van der Waals surface area contributed by atoms with Gasteiger partial charge in [-0.1, -0.05) is 0 Å². The zero-order valence-electron chi connectivity index (χ0n) is 9.20. The molecular weight excluding hydrogens is 222 g/mol. The smallest absolute Gasteiger partial charge is 0.354 e. The number of aromatic carboxylic acids is 1. The molecule has 0 saturated carbocycles. The van der Waals surface area contributed by atoms with Crippen LogP contribution in [0.1, 0.15) is 16.3 Å². The van der Waals surface area contributed by atoms with Crippen molar-refractivity contribution in [3.8, 4) is 5.75 Å². The van der Waals surface area contributed by atoms with E-state index < -0.39 is 5.97 Å². The highest BCUT2D eigenvalue weighted by Crippen LogP contribution is 2.10. The molecule has 0 saturated heterocycles. The Kier molecular flexibility index (Phi) is 3.04. The molecule has 2 heterocycles. The third-order valence-electron chi connectivity index (χ3n) is 2.31.